The molecule has 1 aromatic heterocycles. The average molecular weight is 837 g/mol. The summed E-state index contributed by atoms with van der Waals surface area (Å²) in [5.74, 6) is -0.831. The van der Waals surface area contributed by atoms with Crippen molar-refractivity contribution in [1.29, 1.82) is 0 Å². The van der Waals surface area contributed by atoms with E-state index in [2.05, 4.69) is 0 Å². The van der Waals surface area contributed by atoms with Crippen molar-refractivity contribution in [3.8, 4) is 22.6 Å². The third-order valence-corrected chi connectivity index (χ3v) is 8.11. The summed E-state index contributed by atoms with van der Waals surface area (Å²) in [6, 6.07) is 10.4. The van der Waals surface area contributed by atoms with Crippen molar-refractivity contribution in [1.82, 2.24) is 0 Å². The number of aromatic carboxylic acids is 1. The zero-order valence-corrected chi connectivity index (χ0v) is 22.8. The van der Waals surface area contributed by atoms with Gasteiger partial charge in [-0.1, -0.05) is 18.2 Å². The van der Waals surface area contributed by atoms with Crippen molar-refractivity contribution >= 4 is 118 Å². The fourth-order valence-electron chi connectivity index (χ4n) is 3.18. The first kappa shape index (κ1) is 21.5. The number of halogens is 4. The minimum absolute atomic E-state index is 0.101. The smallest absolute Gasteiger partial charge is 0.378 e. The van der Waals surface area contributed by atoms with E-state index in [1.54, 1.807) is 36.4 Å². The summed E-state index contributed by atoms with van der Waals surface area (Å²) in [6.45, 7) is 0. The number of hydrogen-bond donors (Lipinski definition) is 3. The van der Waals surface area contributed by atoms with Crippen LogP contribution in [0.25, 0.3) is 33.1 Å². The van der Waals surface area contributed by atoms with Gasteiger partial charge in [0.15, 0.2) is 18.6 Å². The molecule has 5 nitrogen and oxygen atoms in total. The van der Waals surface area contributed by atoms with Crippen LogP contribution in [0.15, 0.2) is 40.8 Å². The third kappa shape index (κ3) is 3.54. The molecular weight excluding hydrogens is 828 g/mol. The van der Waals surface area contributed by atoms with Crippen LogP contribution < -0.4 is 0 Å². The van der Waals surface area contributed by atoms with Crippen molar-refractivity contribution in [2.24, 2.45) is 0 Å². The lowest BCUT2D eigenvalue weighted by Crippen LogP contribution is -2.01. The van der Waals surface area contributed by atoms with Crippen molar-refractivity contribution in [3.05, 3.63) is 56.2 Å². The lowest BCUT2D eigenvalue weighted by Gasteiger charge is -2.11. The number of benzene rings is 3. The molecule has 0 spiro atoms. The summed E-state index contributed by atoms with van der Waals surface area (Å²) >= 11 is 8.12. The van der Waals surface area contributed by atoms with Gasteiger partial charge in [-0.2, -0.15) is 0 Å². The lowest BCUT2D eigenvalue weighted by molar-refractivity contribution is 0.0697. The monoisotopic (exact) mass is 837 g/mol. The maximum Gasteiger partial charge on any atom is 0.378 e. The van der Waals surface area contributed by atoms with Gasteiger partial charge in [0.05, 0.1) is 23.5 Å². The maximum atomic E-state index is 11.9. The predicted octanol–water partition coefficient (Wildman–Crippen LogP) is 7.06. The van der Waals surface area contributed by atoms with Crippen LogP contribution in [0.3, 0.4) is 0 Å². The second-order valence-electron chi connectivity index (χ2n) is 6.12. The highest BCUT2D eigenvalue weighted by Crippen LogP contribution is 2.46. The van der Waals surface area contributed by atoms with Crippen LogP contribution in [0.4, 0.5) is 0 Å². The quantitative estimate of drug-likeness (QED) is 0.114. The molecular formula is C20H9I4O5+. The van der Waals surface area contributed by atoms with Crippen molar-refractivity contribution in [3.63, 3.8) is 0 Å². The van der Waals surface area contributed by atoms with Crippen LogP contribution in [-0.4, -0.2) is 21.3 Å². The van der Waals surface area contributed by atoms with E-state index in [0.29, 0.717) is 47.3 Å². The minimum atomic E-state index is -1.03. The van der Waals surface area contributed by atoms with E-state index in [9.17, 15) is 20.1 Å². The van der Waals surface area contributed by atoms with Gasteiger partial charge in [-0.3, -0.25) is 0 Å². The molecule has 1 heterocycles. The Hall–Kier alpha value is -0.680. The van der Waals surface area contributed by atoms with Gasteiger partial charge in [0.1, 0.15) is 0 Å². The number of carboxylic acids is 1. The molecule has 0 bridgehead atoms. The van der Waals surface area contributed by atoms with E-state index in [4.69, 9.17) is 4.42 Å². The van der Waals surface area contributed by atoms with Crippen LogP contribution in [0.5, 0.6) is 11.5 Å². The molecule has 0 aliphatic rings. The van der Waals surface area contributed by atoms with E-state index in [-0.39, 0.29) is 17.1 Å². The van der Waals surface area contributed by atoms with E-state index in [1.807, 2.05) is 90.4 Å². The predicted molar refractivity (Wildman–Crippen MR) is 145 cm³/mol. The van der Waals surface area contributed by atoms with Crippen LogP contribution in [0.2, 0.25) is 0 Å². The summed E-state index contributed by atoms with van der Waals surface area (Å²) in [7, 11) is 0. The second-order valence-corrected chi connectivity index (χ2v) is 10.6. The number of aromatic hydroxyl groups is 2. The lowest BCUT2D eigenvalue weighted by atomic mass is 9.93. The van der Waals surface area contributed by atoms with Gasteiger partial charge in [0.25, 0.3) is 0 Å². The Labute approximate surface area is 219 Å². The molecule has 4 aromatic rings. The molecule has 0 radical (unpaired) electrons. The number of phenols is 2. The molecule has 0 aliphatic heterocycles. The molecule has 146 valence electrons. The maximum absolute atomic E-state index is 11.9. The highest BCUT2D eigenvalue weighted by atomic mass is 127. The van der Waals surface area contributed by atoms with Gasteiger partial charge in [-0.15, -0.1) is 0 Å². The number of carboxylic acid groups (broad SMARTS) is 1. The first-order chi connectivity index (χ1) is 13.7. The zero-order chi connectivity index (χ0) is 21.0. The van der Waals surface area contributed by atoms with E-state index < -0.39 is 5.97 Å². The highest BCUT2D eigenvalue weighted by molar-refractivity contribution is 14.1. The van der Waals surface area contributed by atoms with Crippen LogP contribution >= 0.6 is 90.4 Å². The topological polar surface area (TPSA) is 89.1 Å². The Morgan fingerprint density at radius 3 is 1.79 bits per heavy atom. The summed E-state index contributed by atoms with van der Waals surface area (Å²) < 4.78 is 8.46. The fourth-order valence-corrected chi connectivity index (χ4v) is 6.76. The molecule has 0 aliphatic carbocycles. The van der Waals surface area contributed by atoms with E-state index in [1.165, 1.54) is 0 Å². The Kier molecular flexibility index (Phi) is 6.02. The minimum Gasteiger partial charge on any atom is -0.505 e. The highest BCUT2D eigenvalue weighted by Gasteiger charge is 2.30. The number of carbonyl (C=O) groups is 1. The van der Waals surface area contributed by atoms with Gasteiger partial charge < -0.3 is 15.3 Å². The Morgan fingerprint density at radius 1 is 0.828 bits per heavy atom. The largest absolute Gasteiger partial charge is 0.505 e. The Bertz CT molecular complexity index is 1280. The molecule has 0 amide bonds. The molecule has 3 aromatic carbocycles. The van der Waals surface area contributed by atoms with Crippen LogP contribution in [-0.2, 0) is 0 Å². The molecule has 0 atom stereocenters. The van der Waals surface area contributed by atoms with Crippen LogP contribution in [0.1, 0.15) is 10.4 Å². The zero-order valence-electron chi connectivity index (χ0n) is 14.1. The fraction of sp³-hybridized carbons (Fsp3) is 0. The number of rotatable bonds is 2. The van der Waals surface area contributed by atoms with Crippen molar-refractivity contribution < 1.29 is 24.5 Å². The van der Waals surface area contributed by atoms with Crippen LogP contribution in [0, 0.1) is 14.3 Å². The molecule has 9 heteroatoms. The molecule has 3 N–H and O–H groups in total. The summed E-state index contributed by atoms with van der Waals surface area (Å²) in [5, 5.41) is 32.0. The number of fused-ring (bicyclic) bond motifs is 2. The molecule has 0 saturated heterocycles. The Morgan fingerprint density at radius 2 is 1.31 bits per heavy atom. The first-order valence-corrected chi connectivity index (χ1v) is 12.3. The molecule has 0 unspecified atom stereocenters. The molecule has 0 saturated carbocycles. The average Bonchev–Trinajstić information content (AvgIpc) is 2.69. The van der Waals surface area contributed by atoms with E-state index in [0.717, 1.165) is 0 Å². The summed E-state index contributed by atoms with van der Waals surface area (Å²) in [5.41, 5.74) is 2.26. The molecule has 0 fully saturated rings. The third-order valence-electron chi connectivity index (χ3n) is 4.47. The van der Waals surface area contributed by atoms with Gasteiger partial charge >= 0.3 is 17.1 Å². The summed E-state index contributed by atoms with van der Waals surface area (Å²) in [6.07, 6.45) is 0. The second kappa shape index (κ2) is 8.11. The molecule has 29 heavy (non-hydrogen) atoms. The van der Waals surface area contributed by atoms with Gasteiger partial charge in [-0.25, -0.2) is 9.21 Å². The molecule has 4 rings (SSSR count). The van der Waals surface area contributed by atoms with Gasteiger partial charge in [0, 0.05) is 5.56 Å². The Balaban J connectivity index is 2.35. The normalized spacial score (nSPS) is 11.3. The van der Waals surface area contributed by atoms with Crippen molar-refractivity contribution in [2.75, 3.05) is 0 Å². The standard InChI is InChI=1S/C20H8I4O5/c21-11-5-9-13(7-3-1-2-4-8(7)20(27)28)10-6-12(22)17(26)15(24)19(10)29-18(9)14(23)16(11)25/h1-6H,(H2-,25,26,27,28)/p+1. The number of phenolic OH excluding ortho intramolecular Hbond substituents is 2. The van der Waals surface area contributed by atoms with E-state index >= 15 is 0 Å². The van der Waals surface area contributed by atoms with Gasteiger partial charge in [0.2, 0.25) is 0 Å². The van der Waals surface area contributed by atoms with Crippen molar-refractivity contribution in [2.45, 2.75) is 0 Å². The summed E-state index contributed by atoms with van der Waals surface area (Å²) in [4.78, 5) is 11.9. The number of hydrogen-bond acceptors (Lipinski definition) is 3. The first-order valence-electron chi connectivity index (χ1n) is 8.02. The SMILES string of the molecule is O=C(O)c1ccccc1-c1c2cc(I)c(O)c(I)c2[o+]c2c(I)c(O)c(I)cc12. The van der Waals surface area contributed by atoms with Gasteiger partial charge in [-0.05, 0) is 114 Å².